The molecule has 3 aromatic rings. The summed E-state index contributed by atoms with van der Waals surface area (Å²) in [6.45, 7) is 0. The summed E-state index contributed by atoms with van der Waals surface area (Å²) >= 11 is 17.8. The number of carbonyl (C=O) groups excluding carboxylic acids is 1. The lowest BCUT2D eigenvalue weighted by Gasteiger charge is -2.03. The molecule has 5 nitrogen and oxygen atoms in total. The van der Waals surface area contributed by atoms with Gasteiger partial charge in [0.15, 0.2) is 0 Å². The molecule has 0 spiro atoms. The molecule has 1 heterocycles. The van der Waals surface area contributed by atoms with E-state index in [1.165, 1.54) is 12.1 Å². The molecule has 0 aliphatic rings. The number of hydrogen-bond donors (Lipinski definition) is 1. The number of benzene rings is 2. The first-order chi connectivity index (χ1) is 11.0. The summed E-state index contributed by atoms with van der Waals surface area (Å²) in [5, 5.41) is 11.2. The molecule has 0 aliphatic carbocycles. The van der Waals surface area contributed by atoms with Gasteiger partial charge in [0.1, 0.15) is 0 Å². The van der Waals surface area contributed by atoms with Crippen LogP contribution in [0.3, 0.4) is 0 Å². The molecule has 0 radical (unpaired) electrons. The molecule has 23 heavy (non-hydrogen) atoms. The second-order valence-electron chi connectivity index (χ2n) is 4.47. The minimum atomic E-state index is -0.485. The monoisotopic (exact) mass is 367 g/mol. The van der Waals surface area contributed by atoms with Crippen LogP contribution in [0.5, 0.6) is 0 Å². The van der Waals surface area contributed by atoms with Crippen molar-refractivity contribution in [2.24, 2.45) is 0 Å². The Morgan fingerprint density at radius 3 is 2.52 bits per heavy atom. The minimum absolute atomic E-state index is 0.0593. The van der Waals surface area contributed by atoms with Crippen molar-refractivity contribution < 1.29 is 9.21 Å². The van der Waals surface area contributed by atoms with Crippen molar-refractivity contribution in [2.45, 2.75) is 0 Å². The van der Waals surface area contributed by atoms with Gasteiger partial charge in [-0.3, -0.25) is 10.1 Å². The van der Waals surface area contributed by atoms with E-state index in [1.54, 1.807) is 30.3 Å². The lowest BCUT2D eigenvalue weighted by Crippen LogP contribution is -2.12. The Balaban J connectivity index is 1.82. The zero-order valence-corrected chi connectivity index (χ0v) is 13.7. The van der Waals surface area contributed by atoms with Crippen molar-refractivity contribution in [3.8, 4) is 11.5 Å². The molecule has 0 aliphatic heterocycles. The normalized spacial score (nSPS) is 10.6. The van der Waals surface area contributed by atoms with Gasteiger partial charge in [0.2, 0.25) is 0 Å². The first-order valence-electron chi connectivity index (χ1n) is 6.39. The third-order valence-corrected chi connectivity index (χ3v) is 3.80. The van der Waals surface area contributed by atoms with E-state index in [2.05, 4.69) is 15.5 Å². The molecule has 116 valence electrons. The fourth-order valence-corrected chi connectivity index (χ4v) is 2.57. The van der Waals surface area contributed by atoms with Gasteiger partial charge in [-0.15, -0.1) is 5.10 Å². The topological polar surface area (TPSA) is 68.0 Å². The van der Waals surface area contributed by atoms with Gasteiger partial charge in [-0.2, -0.15) is 0 Å². The molecule has 1 N–H and O–H groups in total. The molecular formula is C15H8Cl3N3O2. The van der Waals surface area contributed by atoms with E-state index in [0.29, 0.717) is 15.6 Å². The number of carbonyl (C=O) groups is 1. The lowest BCUT2D eigenvalue weighted by atomic mass is 10.2. The molecule has 0 bridgehead atoms. The molecule has 0 saturated carbocycles. The van der Waals surface area contributed by atoms with Gasteiger partial charge >= 0.3 is 6.01 Å². The van der Waals surface area contributed by atoms with Crippen LogP contribution in [0.25, 0.3) is 11.5 Å². The summed E-state index contributed by atoms with van der Waals surface area (Å²) in [7, 11) is 0. The van der Waals surface area contributed by atoms with Gasteiger partial charge in [0.25, 0.3) is 11.8 Å². The van der Waals surface area contributed by atoms with E-state index in [1.807, 2.05) is 0 Å². The van der Waals surface area contributed by atoms with E-state index in [4.69, 9.17) is 39.2 Å². The number of nitrogens with zero attached hydrogens (tertiary/aromatic N) is 2. The van der Waals surface area contributed by atoms with Crippen LogP contribution < -0.4 is 5.32 Å². The SMILES string of the molecule is O=C(Nc1nnc(-c2ccccc2Cl)o1)c1ccc(Cl)cc1Cl. The third-order valence-electron chi connectivity index (χ3n) is 2.93. The highest BCUT2D eigenvalue weighted by atomic mass is 35.5. The Kier molecular flexibility index (Phi) is 4.52. The number of hydrogen-bond acceptors (Lipinski definition) is 4. The highest BCUT2D eigenvalue weighted by Crippen LogP contribution is 2.27. The molecule has 1 amide bonds. The fourth-order valence-electron chi connectivity index (χ4n) is 1.86. The van der Waals surface area contributed by atoms with Crippen LogP contribution in [0.2, 0.25) is 15.1 Å². The predicted molar refractivity (Wildman–Crippen MR) is 89.2 cm³/mol. The number of anilines is 1. The van der Waals surface area contributed by atoms with E-state index < -0.39 is 5.91 Å². The van der Waals surface area contributed by atoms with Gasteiger partial charge in [-0.25, -0.2) is 0 Å². The van der Waals surface area contributed by atoms with Crippen molar-refractivity contribution >= 4 is 46.7 Å². The van der Waals surface area contributed by atoms with E-state index in [9.17, 15) is 4.79 Å². The van der Waals surface area contributed by atoms with Crippen molar-refractivity contribution in [1.82, 2.24) is 10.2 Å². The van der Waals surface area contributed by atoms with Gasteiger partial charge in [-0.05, 0) is 30.3 Å². The van der Waals surface area contributed by atoms with Crippen LogP contribution in [0.4, 0.5) is 6.01 Å². The summed E-state index contributed by atoms with van der Waals surface area (Å²) in [5.41, 5.74) is 0.820. The highest BCUT2D eigenvalue weighted by Gasteiger charge is 2.16. The maximum Gasteiger partial charge on any atom is 0.322 e. The summed E-state index contributed by atoms with van der Waals surface area (Å²) in [5.74, 6) is -0.283. The van der Waals surface area contributed by atoms with Gasteiger partial charge in [0.05, 0.1) is 21.2 Å². The van der Waals surface area contributed by atoms with Gasteiger partial charge < -0.3 is 4.42 Å². The number of amides is 1. The summed E-state index contributed by atoms with van der Waals surface area (Å²) in [4.78, 5) is 12.2. The quantitative estimate of drug-likeness (QED) is 0.710. The Morgan fingerprint density at radius 1 is 1.00 bits per heavy atom. The van der Waals surface area contributed by atoms with E-state index >= 15 is 0 Å². The standard InChI is InChI=1S/C15H8Cl3N3O2/c16-8-5-6-9(12(18)7-8)13(22)19-15-21-20-14(23-15)10-3-1-2-4-11(10)17/h1-7H,(H,19,21,22). The molecular weight excluding hydrogens is 361 g/mol. The molecule has 3 rings (SSSR count). The molecule has 0 unspecified atom stereocenters. The Bertz CT molecular complexity index is 880. The fraction of sp³-hybridized carbons (Fsp3) is 0. The Morgan fingerprint density at radius 2 is 1.78 bits per heavy atom. The van der Waals surface area contributed by atoms with Gasteiger partial charge in [0, 0.05) is 5.02 Å². The third kappa shape index (κ3) is 3.47. The summed E-state index contributed by atoms with van der Waals surface area (Å²) in [6.07, 6.45) is 0. The Labute approximate surface area is 146 Å². The molecule has 8 heteroatoms. The number of nitrogens with one attached hydrogen (secondary N) is 1. The van der Waals surface area contributed by atoms with Crippen molar-refractivity contribution in [3.63, 3.8) is 0 Å². The number of rotatable bonds is 3. The Hall–Kier alpha value is -2.08. The molecule has 0 fully saturated rings. The molecule has 2 aromatic carbocycles. The van der Waals surface area contributed by atoms with E-state index in [-0.39, 0.29) is 22.5 Å². The molecule has 0 saturated heterocycles. The predicted octanol–water partition coefficient (Wildman–Crippen LogP) is 4.95. The average Bonchev–Trinajstić information content (AvgIpc) is 2.95. The van der Waals surface area contributed by atoms with Crippen LogP contribution >= 0.6 is 34.8 Å². The zero-order chi connectivity index (χ0) is 16.4. The van der Waals surface area contributed by atoms with Crippen LogP contribution in [0.1, 0.15) is 10.4 Å². The average molecular weight is 369 g/mol. The van der Waals surface area contributed by atoms with Crippen molar-refractivity contribution in [2.75, 3.05) is 5.32 Å². The van der Waals surface area contributed by atoms with Crippen molar-refractivity contribution in [3.05, 3.63) is 63.1 Å². The maximum atomic E-state index is 12.2. The van der Waals surface area contributed by atoms with Crippen LogP contribution in [0.15, 0.2) is 46.9 Å². The van der Waals surface area contributed by atoms with Crippen LogP contribution in [0, 0.1) is 0 Å². The summed E-state index contributed by atoms with van der Waals surface area (Å²) in [6, 6.07) is 11.5. The molecule has 0 atom stereocenters. The second kappa shape index (κ2) is 6.58. The number of aromatic nitrogens is 2. The molecule has 1 aromatic heterocycles. The minimum Gasteiger partial charge on any atom is -0.403 e. The smallest absolute Gasteiger partial charge is 0.322 e. The maximum absolute atomic E-state index is 12.2. The zero-order valence-electron chi connectivity index (χ0n) is 11.4. The van der Waals surface area contributed by atoms with Crippen molar-refractivity contribution in [1.29, 1.82) is 0 Å². The first-order valence-corrected chi connectivity index (χ1v) is 7.53. The lowest BCUT2D eigenvalue weighted by molar-refractivity contribution is 0.102. The largest absolute Gasteiger partial charge is 0.403 e. The highest BCUT2D eigenvalue weighted by molar-refractivity contribution is 6.37. The van der Waals surface area contributed by atoms with Gasteiger partial charge in [-0.1, -0.05) is 52.0 Å². The number of halogens is 3. The van der Waals surface area contributed by atoms with E-state index in [0.717, 1.165) is 0 Å². The first kappa shape index (κ1) is 15.8. The van der Waals surface area contributed by atoms with Crippen LogP contribution in [-0.4, -0.2) is 16.1 Å². The second-order valence-corrected chi connectivity index (χ2v) is 5.72. The van der Waals surface area contributed by atoms with Crippen LogP contribution in [-0.2, 0) is 0 Å². The summed E-state index contributed by atoms with van der Waals surface area (Å²) < 4.78 is 5.40.